The van der Waals surface area contributed by atoms with Crippen LogP contribution >= 0.6 is 0 Å². The second kappa shape index (κ2) is 3.24. The van der Waals surface area contributed by atoms with Crippen LogP contribution in [0.4, 0.5) is 0 Å². The third-order valence-electron chi connectivity index (χ3n) is 2.21. The summed E-state index contributed by atoms with van der Waals surface area (Å²) >= 11 is 0. The van der Waals surface area contributed by atoms with Crippen LogP contribution in [0.15, 0.2) is 0 Å². The number of hydrogen-bond donors (Lipinski definition) is 3. The van der Waals surface area contributed by atoms with Gasteiger partial charge >= 0.3 is 5.97 Å². The van der Waals surface area contributed by atoms with Crippen molar-refractivity contribution in [2.75, 3.05) is 7.05 Å². The zero-order valence-electron chi connectivity index (χ0n) is 7.20. The highest BCUT2D eigenvalue weighted by atomic mass is 32.2. The van der Waals surface area contributed by atoms with Crippen LogP contribution in [0, 0.1) is 0 Å². The molecule has 0 aromatic rings. The van der Waals surface area contributed by atoms with Gasteiger partial charge in [-0.15, -0.1) is 0 Å². The maximum Gasteiger partial charge on any atom is 0.324 e. The highest BCUT2D eigenvalue weighted by molar-refractivity contribution is 7.87. The van der Waals surface area contributed by atoms with Crippen molar-refractivity contribution in [3.63, 3.8) is 0 Å². The monoisotopic (exact) mass is 208 g/mol. The molecular weight excluding hydrogens is 196 g/mol. The van der Waals surface area contributed by atoms with E-state index in [9.17, 15) is 13.2 Å². The Hall–Kier alpha value is -0.660. The largest absolute Gasteiger partial charge is 0.480 e. The van der Waals surface area contributed by atoms with E-state index in [2.05, 4.69) is 4.72 Å². The van der Waals surface area contributed by atoms with Crippen molar-refractivity contribution < 1.29 is 18.3 Å². The normalized spacial score (nSPS) is 20.7. The van der Waals surface area contributed by atoms with Gasteiger partial charge in [-0.05, 0) is 19.3 Å². The quantitative estimate of drug-likeness (QED) is 0.555. The van der Waals surface area contributed by atoms with Gasteiger partial charge in [-0.3, -0.25) is 4.79 Å². The Balaban J connectivity index is 2.76. The predicted molar refractivity (Wildman–Crippen MR) is 45.3 cm³/mol. The summed E-state index contributed by atoms with van der Waals surface area (Å²) in [6, 6.07) is 0. The number of nitrogens with one attached hydrogen (secondary N) is 2. The van der Waals surface area contributed by atoms with E-state index in [0.717, 1.165) is 6.42 Å². The fourth-order valence-corrected chi connectivity index (χ4v) is 2.11. The topological polar surface area (TPSA) is 95.5 Å². The average molecular weight is 208 g/mol. The van der Waals surface area contributed by atoms with Crippen molar-refractivity contribution >= 4 is 16.2 Å². The first-order valence-corrected chi connectivity index (χ1v) is 5.36. The van der Waals surface area contributed by atoms with Gasteiger partial charge in [-0.1, -0.05) is 0 Å². The number of carboxylic acid groups (broad SMARTS) is 1. The third-order valence-corrected chi connectivity index (χ3v) is 3.41. The van der Waals surface area contributed by atoms with Crippen LogP contribution in [0.2, 0.25) is 0 Å². The molecule has 1 fully saturated rings. The highest BCUT2D eigenvalue weighted by Gasteiger charge is 2.47. The van der Waals surface area contributed by atoms with Crippen molar-refractivity contribution in [3.05, 3.63) is 0 Å². The van der Waals surface area contributed by atoms with Crippen LogP contribution < -0.4 is 9.44 Å². The van der Waals surface area contributed by atoms with Gasteiger partial charge < -0.3 is 5.11 Å². The molecule has 0 bridgehead atoms. The minimum Gasteiger partial charge on any atom is -0.480 e. The van der Waals surface area contributed by atoms with Crippen LogP contribution in [-0.2, 0) is 15.0 Å². The molecule has 13 heavy (non-hydrogen) atoms. The SMILES string of the molecule is CNS(=O)(=O)NC1(C(=O)O)CCC1. The van der Waals surface area contributed by atoms with Crippen molar-refractivity contribution in [3.8, 4) is 0 Å². The smallest absolute Gasteiger partial charge is 0.324 e. The molecule has 0 amide bonds. The zero-order valence-corrected chi connectivity index (χ0v) is 8.02. The molecule has 0 spiro atoms. The first-order chi connectivity index (χ1) is 5.92. The lowest BCUT2D eigenvalue weighted by Gasteiger charge is -2.37. The molecule has 1 rings (SSSR count). The minimum absolute atomic E-state index is 0.350. The number of hydrogen-bond acceptors (Lipinski definition) is 3. The number of carbonyl (C=O) groups is 1. The van der Waals surface area contributed by atoms with E-state index in [4.69, 9.17) is 5.11 Å². The molecule has 76 valence electrons. The van der Waals surface area contributed by atoms with Crippen LogP contribution in [-0.4, -0.2) is 32.1 Å². The first kappa shape index (κ1) is 10.4. The molecule has 0 aromatic carbocycles. The molecule has 0 atom stereocenters. The van der Waals surface area contributed by atoms with E-state index in [1.807, 2.05) is 4.72 Å². The summed E-state index contributed by atoms with van der Waals surface area (Å²) in [7, 11) is -2.43. The molecule has 0 aromatic heterocycles. The predicted octanol–water partition coefficient (Wildman–Crippen LogP) is -0.953. The Kier molecular flexibility index (Phi) is 2.60. The lowest BCUT2D eigenvalue weighted by molar-refractivity contribution is -0.147. The van der Waals surface area contributed by atoms with Crippen LogP contribution in [0.5, 0.6) is 0 Å². The molecule has 3 N–H and O–H groups in total. The van der Waals surface area contributed by atoms with Gasteiger partial charge in [0, 0.05) is 7.05 Å². The van der Waals surface area contributed by atoms with Crippen molar-refractivity contribution in [1.82, 2.24) is 9.44 Å². The van der Waals surface area contributed by atoms with E-state index in [1.54, 1.807) is 0 Å². The first-order valence-electron chi connectivity index (χ1n) is 3.88. The molecule has 0 radical (unpaired) electrons. The molecule has 6 nitrogen and oxygen atoms in total. The van der Waals surface area contributed by atoms with Gasteiger partial charge in [0.25, 0.3) is 10.2 Å². The summed E-state index contributed by atoms with van der Waals surface area (Å²) in [5, 5.41) is 8.79. The molecular formula is C6H12N2O4S. The molecule has 1 aliphatic carbocycles. The Bertz CT molecular complexity index is 307. The Labute approximate surface area is 76.5 Å². The molecule has 0 unspecified atom stereocenters. The standard InChI is InChI=1S/C6H12N2O4S/c1-7-13(11,12)8-6(5(9)10)3-2-4-6/h7-8H,2-4H2,1H3,(H,9,10). The molecule has 0 aliphatic heterocycles. The van der Waals surface area contributed by atoms with Crippen molar-refractivity contribution in [2.24, 2.45) is 0 Å². The van der Waals surface area contributed by atoms with Crippen molar-refractivity contribution in [1.29, 1.82) is 0 Å². The number of aliphatic carboxylic acids is 1. The van der Waals surface area contributed by atoms with Crippen molar-refractivity contribution in [2.45, 2.75) is 24.8 Å². The Morgan fingerprint density at radius 2 is 2.00 bits per heavy atom. The molecule has 1 aliphatic rings. The summed E-state index contributed by atoms with van der Waals surface area (Å²) in [6.45, 7) is 0. The van der Waals surface area contributed by atoms with E-state index < -0.39 is 21.7 Å². The highest BCUT2D eigenvalue weighted by Crippen LogP contribution is 2.32. The third kappa shape index (κ3) is 1.98. The van der Waals surface area contributed by atoms with Crippen LogP contribution in [0.1, 0.15) is 19.3 Å². The maximum atomic E-state index is 11.0. The minimum atomic E-state index is -3.66. The molecule has 0 heterocycles. The molecule has 1 saturated carbocycles. The van der Waals surface area contributed by atoms with E-state index >= 15 is 0 Å². The second-order valence-corrected chi connectivity index (χ2v) is 4.67. The summed E-state index contributed by atoms with van der Waals surface area (Å²) in [4.78, 5) is 10.7. The lowest BCUT2D eigenvalue weighted by Crippen LogP contribution is -2.60. The summed E-state index contributed by atoms with van der Waals surface area (Å²) in [5.74, 6) is -1.11. The summed E-state index contributed by atoms with van der Waals surface area (Å²) in [5.41, 5.74) is -1.28. The van der Waals surface area contributed by atoms with Gasteiger partial charge in [0.05, 0.1) is 0 Å². The van der Waals surface area contributed by atoms with Gasteiger partial charge in [0.15, 0.2) is 0 Å². The fourth-order valence-electron chi connectivity index (χ4n) is 1.20. The Morgan fingerprint density at radius 3 is 2.23 bits per heavy atom. The summed E-state index contributed by atoms with van der Waals surface area (Å²) < 4.78 is 26.2. The van der Waals surface area contributed by atoms with Crippen LogP contribution in [0.25, 0.3) is 0 Å². The zero-order chi connectivity index (χ0) is 10.1. The fraction of sp³-hybridized carbons (Fsp3) is 0.833. The van der Waals surface area contributed by atoms with E-state index in [0.29, 0.717) is 12.8 Å². The molecule has 7 heteroatoms. The number of rotatable bonds is 4. The van der Waals surface area contributed by atoms with Crippen LogP contribution in [0.3, 0.4) is 0 Å². The van der Waals surface area contributed by atoms with Gasteiger partial charge in [-0.2, -0.15) is 13.1 Å². The number of carboxylic acids is 1. The summed E-state index contributed by atoms with van der Waals surface area (Å²) in [6.07, 6.45) is 1.44. The van der Waals surface area contributed by atoms with E-state index in [1.165, 1.54) is 7.05 Å². The van der Waals surface area contributed by atoms with Gasteiger partial charge in [0.1, 0.15) is 5.54 Å². The molecule has 0 saturated heterocycles. The van der Waals surface area contributed by atoms with E-state index in [-0.39, 0.29) is 0 Å². The van der Waals surface area contributed by atoms with Gasteiger partial charge in [0.2, 0.25) is 0 Å². The Morgan fingerprint density at radius 1 is 1.46 bits per heavy atom. The van der Waals surface area contributed by atoms with Gasteiger partial charge in [-0.25, -0.2) is 4.72 Å². The maximum absolute atomic E-state index is 11.0. The average Bonchev–Trinajstić information content (AvgIpc) is 1.96. The lowest BCUT2D eigenvalue weighted by atomic mass is 9.78. The second-order valence-electron chi connectivity index (χ2n) is 3.05.